The summed E-state index contributed by atoms with van der Waals surface area (Å²) in [7, 11) is -3.47. The zero-order valence-corrected chi connectivity index (χ0v) is 18.7. The van der Waals surface area contributed by atoms with Crippen LogP contribution in [0, 0.1) is 5.92 Å². The standard InChI is InChI=1S/C22H31N3O5S/c1-2-20(18-7-6-8-19(15-18)30-16-17-9-10-17)24-31(28,29)14-5-3-4-12-25-13-11-21(26)23-22(25)27/h3-4,6-8,15,17,20,24H,2,5,9-14,16H2,1H3,(H,23,26,27)/b4-3+. The Bertz CT molecular complexity index is 911. The van der Waals surface area contributed by atoms with Crippen LogP contribution in [0.3, 0.4) is 0 Å². The molecule has 1 aliphatic carbocycles. The normalized spacial score (nSPS) is 18.3. The number of imide groups is 1. The van der Waals surface area contributed by atoms with Crippen LogP contribution in [0.15, 0.2) is 36.4 Å². The number of urea groups is 1. The number of hydrogen-bond acceptors (Lipinski definition) is 5. The SMILES string of the molecule is CCC(NS(=O)(=O)CC/C=C/CN1CCC(=O)NC1=O)c1cccc(OCC2CC2)c1. The highest BCUT2D eigenvalue weighted by molar-refractivity contribution is 7.89. The predicted molar refractivity (Wildman–Crippen MR) is 118 cm³/mol. The fourth-order valence-corrected chi connectivity index (χ4v) is 4.60. The minimum atomic E-state index is -3.47. The molecule has 1 saturated heterocycles. The van der Waals surface area contributed by atoms with Gasteiger partial charge in [0.2, 0.25) is 15.9 Å². The van der Waals surface area contributed by atoms with Crippen molar-refractivity contribution in [2.24, 2.45) is 5.92 Å². The van der Waals surface area contributed by atoms with E-state index in [4.69, 9.17) is 4.74 Å². The van der Waals surface area contributed by atoms with Gasteiger partial charge in [-0.15, -0.1) is 0 Å². The molecular formula is C22H31N3O5S. The van der Waals surface area contributed by atoms with Crippen LogP contribution in [0.25, 0.3) is 0 Å². The van der Waals surface area contributed by atoms with Crippen LogP contribution in [0.5, 0.6) is 5.75 Å². The number of nitrogens with one attached hydrogen (secondary N) is 2. The second kappa shape index (κ2) is 10.8. The molecule has 1 aromatic rings. The van der Waals surface area contributed by atoms with Crippen LogP contribution >= 0.6 is 0 Å². The van der Waals surface area contributed by atoms with Crippen LogP contribution < -0.4 is 14.8 Å². The van der Waals surface area contributed by atoms with Gasteiger partial charge in [-0.2, -0.15) is 0 Å². The van der Waals surface area contributed by atoms with Crippen molar-refractivity contribution in [3.05, 3.63) is 42.0 Å². The summed E-state index contributed by atoms with van der Waals surface area (Å²) in [5.41, 5.74) is 0.889. The molecule has 0 bridgehead atoms. The molecule has 0 radical (unpaired) electrons. The van der Waals surface area contributed by atoms with E-state index in [-0.39, 0.29) is 24.1 Å². The Morgan fingerprint density at radius 1 is 1.29 bits per heavy atom. The van der Waals surface area contributed by atoms with Crippen LogP contribution in [-0.2, 0) is 14.8 Å². The molecular weight excluding hydrogens is 418 g/mol. The van der Waals surface area contributed by atoms with Crippen molar-refractivity contribution in [3.63, 3.8) is 0 Å². The van der Waals surface area contributed by atoms with Gasteiger partial charge in [0, 0.05) is 25.6 Å². The Morgan fingerprint density at radius 3 is 2.81 bits per heavy atom. The molecule has 3 rings (SSSR count). The number of sulfonamides is 1. The number of amides is 3. The molecule has 1 aliphatic heterocycles. The van der Waals surface area contributed by atoms with Gasteiger partial charge in [0.25, 0.3) is 0 Å². The van der Waals surface area contributed by atoms with Crippen molar-refractivity contribution in [2.75, 3.05) is 25.4 Å². The Balaban J connectivity index is 1.46. The Morgan fingerprint density at radius 2 is 2.10 bits per heavy atom. The molecule has 31 heavy (non-hydrogen) atoms. The largest absolute Gasteiger partial charge is 0.493 e. The van der Waals surface area contributed by atoms with Crippen molar-refractivity contribution < 1.29 is 22.7 Å². The third-order valence-corrected chi connectivity index (χ3v) is 6.78. The summed E-state index contributed by atoms with van der Waals surface area (Å²) in [6.45, 7) is 3.38. The summed E-state index contributed by atoms with van der Waals surface area (Å²) in [5.74, 6) is 1.12. The van der Waals surface area contributed by atoms with Crippen molar-refractivity contribution in [1.82, 2.24) is 14.9 Å². The van der Waals surface area contributed by atoms with Gasteiger partial charge >= 0.3 is 6.03 Å². The van der Waals surface area contributed by atoms with Crippen molar-refractivity contribution in [2.45, 2.75) is 45.1 Å². The smallest absolute Gasteiger partial charge is 0.324 e. The van der Waals surface area contributed by atoms with E-state index in [0.29, 0.717) is 38.5 Å². The minimum Gasteiger partial charge on any atom is -0.493 e. The van der Waals surface area contributed by atoms with E-state index >= 15 is 0 Å². The van der Waals surface area contributed by atoms with Gasteiger partial charge in [0.1, 0.15) is 5.75 Å². The second-order valence-electron chi connectivity index (χ2n) is 8.03. The number of carbonyl (C=O) groups is 2. The molecule has 1 saturated carbocycles. The third kappa shape index (κ3) is 7.66. The lowest BCUT2D eigenvalue weighted by molar-refractivity contribution is -0.121. The zero-order chi connectivity index (χ0) is 22.3. The number of benzene rings is 1. The maximum Gasteiger partial charge on any atom is 0.324 e. The number of carbonyl (C=O) groups excluding carboxylic acids is 2. The zero-order valence-electron chi connectivity index (χ0n) is 17.9. The number of hydrogen-bond donors (Lipinski definition) is 2. The Labute approximate surface area is 184 Å². The van der Waals surface area contributed by atoms with E-state index < -0.39 is 16.1 Å². The van der Waals surface area contributed by atoms with Gasteiger partial charge in [0.05, 0.1) is 12.4 Å². The molecule has 1 aromatic carbocycles. The van der Waals surface area contributed by atoms with Gasteiger partial charge in [-0.3, -0.25) is 10.1 Å². The molecule has 2 N–H and O–H groups in total. The van der Waals surface area contributed by atoms with Gasteiger partial charge in [-0.05, 0) is 49.3 Å². The number of ether oxygens (including phenoxy) is 1. The number of allylic oxidation sites excluding steroid dienone is 1. The maximum absolute atomic E-state index is 12.5. The molecule has 9 heteroatoms. The van der Waals surface area contributed by atoms with E-state index in [1.165, 1.54) is 17.7 Å². The Hall–Kier alpha value is -2.39. The van der Waals surface area contributed by atoms with E-state index in [0.717, 1.165) is 11.3 Å². The second-order valence-corrected chi connectivity index (χ2v) is 9.91. The molecule has 1 unspecified atom stereocenters. The lowest BCUT2D eigenvalue weighted by Gasteiger charge is -2.25. The summed E-state index contributed by atoms with van der Waals surface area (Å²) in [6, 6.07) is 6.89. The van der Waals surface area contributed by atoms with Crippen LogP contribution in [0.1, 0.15) is 50.6 Å². The highest BCUT2D eigenvalue weighted by Gasteiger charge is 2.23. The first kappa shape index (κ1) is 23.3. The third-order valence-electron chi connectivity index (χ3n) is 5.36. The fourth-order valence-electron chi connectivity index (χ4n) is 3.30. The first-order valence-corrected chi connectivity index (χ1v) is 12.5. The summed E-state index contributed by atoms with van der Waals surface area (Å²) < 4.78 is 33.7. The number of nitrogens with zero attached hydrogens (tertiary/aromatic N) is 1. The van der Waals surface area contributed by atoms with Crippen LogP contribution in [0.4, 0.5) is 4.79 Å². The summed E-state index contributed by atoms with van der Waals surface area (Å²) in [4.78, 5) is 24.3. The quantitative estimate of drug-likeness (QED) is 0.478. The van der Waals surface area contributed by atoms with E-state index in [2.05, 4.69) is 10.0 Å². The molecule has 0 spiro atoms. The van der Waals surface area contributed by atoms with Crippen molar-refractivity contribution in [3.8, 4) is 5.75 Å². The van der Waals surface area contributed by atoms with Crippen molar-refractivity contribution in [1.29, 1.82) is 0 Å². The van der Waals surface area contributed by atoms with Crippen molar-refractivity contribution >= 4 is 22.0 Å². The summed E-state index contributed by atoms with van der Waals surface area (Å²) in [6.07, 6.45) is 7.18. The van der Waals surface area contributed by atoms with Crippen LogP contribution in [-0.4, -0.2) is 50.7 Å². The molecule has 1 atom stereocenters. The molecule has 2 fully saturated rings. The molecule has 1 heterocycles. The summed E-state index contributed by atoms with van der Waals surface area (Å²) in [5, 5.41) is 2.26. The first-order valence-electron chi connectivity index (χ1n) is 10.8. The minimum absolute atomic E-state index is 0.0391. The molecule has 3 amide bonds. The highest BCUT2D eigenvalue weighted by atomic mass is 32.2. The van der Waals surface area contributed by atoms with Gasteiger partial charge < -0.3 is 9.64 Å². The Kier molecular flexibility index (Phi) is 8.09. The fraction of sp³-hybridized carbons (Fsp3) is 0.545. The topological polar surface area (TPSA) is 105 Å². The molecule has 0 aromatic heterocycles. The highest BCUT2D eigenvalue weighted by Crippen LogP contribution is 2.30. The van der Waals surface area contributed by atoms with Gasteiger partial charge in [-0.1, -0.05) is 31.2 Å². The van der Waals surface area contributed by atoms with Crippen LogP contribution in [0.2, 0.25) is 0 Å². The van der Waals surface area contributed by atoms with E-state index in [1.54, 1.807) is 12.2 Å². The van der Waals surface area contributed by atoms with E-state index in [9.17, 15) is 18.0 Å². The van der Waals surface area contributed by atoms with E-state index in [1.807, 2.05) is 31.2 Å². The molecule has 2 aliphatic rings. The van der Waals surface area contributed by atoms with Gasteiger partial charge in [-0.25, -0.2) is 17.9 Å². The number of rotatable bonds is 12. The lowest BCUT2D eigenvalue weighted by atomic mass is 10.1. The first-order chi connectivity index (χ1) is 14.9. The molecule has 170 valence electrons. The maximum atomic E-state index is 12.5. The predicted octanol–water partition coefficient (Wildman–Crippen LogP) is 2.73. The van der Waals surface area contributed by atoms with Gasteiger partial charge in [0.15, 0.2) is 0 Å². The lowest BCUT2D eigenvalue weighted by Crippen LogP contribution is -2.49. The average molecular weight is 450 g/mol. The average Bonchev–Trinajstić information content (AvgIpc) is 3.56. The monoisotopic (exact) mass is 449 g/mol. The summed E-state index contributed by atoms with van der Waals surface area (Å²) >= 11 is 0. The molecule has 8 nitrogen and oxygen atoms in total.